The van der Waals surface area contributed by atoms with E-state index in [9.17, 15) is 8.42 Å². The summed E-state index contributed by atoms with van der Waals surface area (Å²) in [5.41, 5.74) is 0.833. The third kappa shape index (κ3) is 5.16. The van der Waals surface area contributed by atoms with Crippen molar-refractivity contribution in [3.05, 3.63) is 15.8 Å². The van der Waals surface area contributed by atoms with Crippen molar-refractivity contribution in [3.63, 3.8) is 0 Å². The summed E-state index contributed by atoms with van der Waals surface area (Å²) in [6.07, 6.45) is 1.91. The molecule has 0 atom stereocenters. The molecule has 1 heterocycles. The number of rotatable bonds is 9. The second-order valence-corrected chi connectivity index (χ2v) is 8.05. The summed E-state index contributed by atoms with van der Waals surface area (Å²) in [5, 5.41) is 5.10. The predicted octanol–water partition coefficient (Wildman–Crippen LogP) is 2.88. The third-order valence-electron chi connectivity index (χ3n) is 3.04. The summed E-state index contributed by atoms with van der Waals surface area (Å²) < 4.78 is 27.5. The fourth-order valence-electron chi connectivity index (χ4n) is 2.00. The normalized spacial score (nSPS) is 12.2. The second-order valence-electron chi connectivity index (χ2n) is 5.39. The molecule has 0 aliphatic heterocycles. The SMILES string of the molecule is CCNCc1scc(C)c1S(=O)(=O)NCCCC(C)C. The minimum atomic E-state index is -3.39. The number of aryl methyl sites for hydroxylation is 1. The van der Waals surface area contributed by atoms with Crippen LogP contribution in [-0.4, -0.2) is 21.5 Å². The topological polar surface area (TPSA) is 58.2 Å². The average molecular weight is 319 g/mol. The van der Waals surface area contributed by atoms with E-state index in [2.05, 4.69) is 23.9 Å². The summed E-state index contributed by atoms with van der Waals surface area (Å²) in [6, 6.07) is 0. The summed E-state index contributed by atoms with van der Waals surface area (Å²) >= 11 is 1.51. The quantitative estimate of drug-likeness (QED) is 0.688. The molecule has 20 heavy (non-hydrogen) atoms. The molecule has 0 aromatic carbocycles. The van der Waals surface area contributed by atoms with Gasteiger partial charge in [0.05, 0.1) is 0 Å². The van der Waals surface area contributed by atoms with Gasteiger partial charge in [-0.3, -0.25) is 0 Å². The van der Waals surface area contributed by atoms with Gasteiger partial charge in [-0.25, -0.2) is 13.1 Å². The number of hydrogen-bond donors (Lipinski definition) is 2. The maximum Gasteiger partial charge on any atom is 0.241 e. The Kier molecular flexibility index (Phi) is 7.15. The highest BCUT2D eigenvalue weighted by Gasteiger charge is 2.22. The van der Waals surface area contributed by atoms with Crippen LogP contribution in [0.4, 0.5) is 0 Å². The van der Waals surface area contributed by atoms with Gasteiger partial charge in [0.1, 0.15) is 4.90 Å². The summed E-state index contributed by atoms with van der Waals surface area (Å²) in [4.78, 5) is 1.36. The molecule has 2 N–H and O–H groups in total. The molecular weight excluding hydrogens is 292 g/mol. The van der Waals surface area contributed by atoms with Crippen molar-refractivity contribution in [2.24, 2.45) is 5.92 Å². The predicted molar refractivity (Wildman–Crippen MR) is 85.7 cm³/mol. The van der Waals surface area contributed by atoms with Crippen LogP contribution in [0.2, 0.25) is 0 Å². The Labute approximate surface area is 127 Å². The van der Waals surface area contributed by atoms with Gasteiger partial charge < -0.3 is 5.32 Å². The molecule has 1 aromatic rings. The van der Waals surface area contributed by atoms with Crippen molar-refractivity contribution >= 4 is 21.4 Å². The molecule has 0 amide bonds. The molecule has 4 nitrogen and oxygen atoms in total. The fraction of sp³-hybridized carbons (Fsp3) is 0.714. The lowest BCUT2D eigenvalue weighted by atomic mass is 10.1. The molecule has 0 fully saturated rings. The number of hydrogen-bond acceptors (Lipinski definition) is 4. The van der Waals surface area contributed by atoms with Crippen LogP contribution in [-0.2, 0) is 16.6 Å². The molecule has 0 spiro atoms. The molecular formula is C14H26N2O2S2. The van der Waals surface area contributed by atoms with Gasteiger partial charge in [0.25, 0.3) is 0 Å². The lowest BCUT2D eigenvalue weighted by molar-refractivity contribution is 0.539. The molecule has 0 aliphatic rings. The molecule has 0 unspecified atom stereocenters. The van der Waals surface area contributed by atoms with Crippen molar-refractivity contribution in [3.8, 4) is 0 Å². The van der Waals surface area contributed by atoms with Crippen molar-refractivity contribution in [1.29, 1.82) is 0 Å². The standard InChI is InChI=1S/C14H26N2O2S2/c1-5-15-9-13-14(12(4)10-19-13)20(17,18)16-8-6-7-11(2)3/h10-11,15-16H,5-9H2,1-4H3. The summed E-state index contributed by atoms with van der Waals surface area (Å²) in [5.74, 6) is 0.603. The highest BCUT2D eigenvalue weighted by molar-refractivity contribution is 7.89. The molecule has 1 rings (SSSR count). The van der Waals surface area contributed by atoms with Gasteiger partial charge in [-0.2, -0.15) is 0 Å². The van der Waals surface area contributed by atoms with Crippen LogP contribution in [0.5, 0.6) is 0 Å². The Morgan fingerprint density at radius 1 is 1.35 bits per heavy atom. The Morgan fingerprint density at radius 2 is 2.05 bits per heavy atom. The highest BCUT2D eigenvalue weighted by Crippen LogP contribution is 2.26. The van der Waals surface area contributed by atoms with E-state index in [-0.39, 0.29) is 0 Å². The van der Waals surface area contributed by atoms with Crippen LogP contribution < -0.4 is 10.0 Å². The van der Waals surface area contributed by atoms with E-state index < -0.39 is 10.0 Å². The van der Waals surface area contributed by atoms with Crippen LogP contribution in [0, 0.1) is 12.8 Å². The number of thiophene rings is 1. The van der Waals surface area contributed by atoms with E-state index in [1.54, 1.807) is 0 Å². The fourth-order valence-corrected chi connectivity index (χ4v) is 4.85. The lowest BCUT2D eigenvalue weighted by Gasteiger charge is -2.10. The van der Waals surface area contributed by atoms with E-state index in [4.69, 9.17) is 0 Å². The van der Waals surface area contributed by atoms with E-state index in [0.717, 1.165) is 29.8 Å². The maximum atomic E-state index is 12.4. The molecule has 1 aromatic heterocycles. The van der Waals surface area contributed by atoms with Gasteiger partial charge in [-0.15, -0.1) is 11.3 Å². The monoisotopic (exact) mass is 318 g/mol. The van der Waals surface area contributed by atoms with Crippen LogP contribution in [0.3, 0.4) is 0 Å². The minimum absolute atomic E-state index is 0.466. The molecule has 0 radical (unpaired) electrons. The second kappa shape index (κ2) is 8.12. The van der Waals surface area contributed by atoms with Crippen LogP contribution in [0.25, 0.3) is 0 Å². The van der Waals surface area contributed by atoms with Gasteiger partial charge in [0.15, 0.2) is 0 Å². The molecule has 0 saturated carbocycles. The largest absolute Gasteiger partial charge is 0.312 e. The Balaban J connectivity index is 2.73. The Bertz CT molecular complexity index is 507. The van der Waals surface area contributed by atoms with E-state index in [1.807, 2.05) is 19.2 Å². The molecule has 0 saturated heterocycles. The first-order valence-corrected chi connectivity index (χ1v) is 9.52. The van der Waals surface area contributed by atoms with Crippen LogP contribution in [0.1, 0.15) is 44.1 Å². The Morgan fingerprint density at radius 3 is 2.65 bits per heavy atom. The van der Waals surface area contributed by atoms with Gasteiger partial charge in [0.2, 0.25) is 10.0 Å². The molecule has 0 aliphatic carbocycles. The van der Waals surface area contributed by atoms with Gasteiger partial charge >= 0.3 is 0 Å². The third-order valence-corrected chi connectivity index (χ3v) is 5.97. The summed E-state index contributed by atoms with van der Waals surface area (Å²) in [7, 11) is -3.39. The summed E-state index contributed by atoms with van der Waals surface area (Å²) in [6.45, 7) is 10.1. The maximum absolute atomic E-state index is 12.4. The number of nitrogens with one attached hydrogen (secondary N) is 2. The van der Waals surface area contributed by atoms with Crippen LogP contribution >= 0.6 is 11.3 Å². The smallest absolute Gasteiger partial charge is 0.241 e. The van der Waals surface area contributed by atoms with E-state index in [1.165, 1.54) is 11.3 Å². The zero-order valence-electron chi connectivity index (χ0n) is 12.8. The minimum Gasteiger partial charge on any atom is -0.312 e. The molecule has 116 valence electrons. The Hall–Kier alpha value is -0.430. The first-order chi connectivity index (χ1) is 9.38. The zero-order valence-corrected chi connectivity index (χ0v) is 14.5. The van der Waals surface area contributed by atoms with Gasteiger partial charge in [-0.05, 0) is 43.2 Å². The van der Waals surface area contributed by atoms with Gasteiger partial charge in [0, 0.05) is 18.0 Å². The van der Waals surface area contributed by atoms with Crippen LogP contribution in [0.15, 0.2) is 10.3 Å². The first-order valence-electron chi connectivity index (χ1n) is 7.15. The van der Waals surface area contributed by atoms with Gasteiger partial charge in [-0.1, -0.05) is 20.8 Å². The van der Waals surface area contributed by atoms with Crippen molar-refractivity contribution in [1.82, 2.24) is 10.0 Å². The average Bonchev–Trinajstić information content (AvgIpc) is 2.74. The van der Waals surface area contributed by atoms with Crippen molar-refractivity contribution in [2.45, 2.75) is 52.0 Å². The van der Waals surface area contributed by atoms with E-state index >= 15 is 0 Å². The first kappa shape index (κ1) is 17.6. The number of sulfonamides is 1. The highest BCUT2D eigenvalue weighted by atomic mass is 32.2. The zero-order chi connectivity index (χ0) is 15.2. The lowest BCUT2D eigenvalue weighted by Crippen LogP contribution is -2.26. The van der Waals surface area contributed by atoms with Crippen molar-refractivity contribution < 1.29 is 8.42 Å². The molecule has 0 bridgehead atoms. The van der Waals surface area contributed by atoms with Crippen molar-refractivity contribution in [2.75, 3.05) is 13.1 Å². The van der Waals surface area contributed by atoms with E-state index in [0.29, 0.717) is 23.9 Å². The molecule has 6 heteroatoms.